The second-order valence-corrected chi connectivity index (χ2v) is 4.94. The number of nitrogens with zero attached hydrogens (tertiary/aromatic N) is 2. The Morgan fingerprint density at radius 1 is 1.29 bits per heavy atom. The third-order valence-corrected chi connectivity index (χ3v) is 3.44. The lowest BCUT2D eigenvalue weighted by molar-refractivity contribution is -0.142. The van der Waals surface area contributed by atoms with Crippen LogP contribution in [-0.2, 0) is 11.9 Å². The van der Waals surface area contributed by atoms with E-state index in [0.717, 1.165) is 17.3 Å². The number of rotatable bonds is 3. The van der Waals surface area contributed by atoms with Crippen molar-refractivity contribution in [1.29, 1.82) is 5.26 Å². The highest BCUT2D eigenvalue weighted by Crippen LogP contribution is 2.30. The average Bonchev–Trinajstić information content (AvgIpc) is 2.44. The number of alkyl halides is 3. The van der Waals surface area contributed by atoms with Crippen molar-refractivity contribution in [3.63, 3.8) is 0 Å². The highest BCUT2D eigenvalue weighted by atomic mass is 32.2. The molecular formula is C13H8F3N3OS. The van der Waals surface area contributed by atoms with Gasteiger partial charge in [-0.2, -0.15) is 18.4 Å². The van der Waals surface area contributed by atoms with E-state index >= 15 is 0 Å². The molecule has 0 aliphatic carbocycles. The number of aromatic amines is 1. The second kappa shape index (κ2) is 6.01. The molecule has 2 rings (SSSR count). The summed E-state index contributed by atoms with van der Waals surface area (Å²) in [6.45, 7) is 0. The summed E-state index contributed by atoms with van der Waals surface area (Å²) in [4.78, 5) is 17.1. The van der Waals surface area contributed by atoms with Crippen LogP contribution in [0, 0.1) is 11.3 Å². The number of H-pyrrole nitrogens is 1. The van der Waals surface area contributed by atoms with Crippen molar-refractivity contribution in [1.82, 2.24) is 9.97 Å². The molecule has 0 atom stereocenters. The summed E-state index contributed by atoms with van der Waals surface area (Å²) in [6, 6.07) is 10.3. The first kappa shape index (κ1) is 15.1. The molecule has 21 heavy (non-hydrogen) atoms. The molecule has 0 spiro atoms. The lowest BCUT2D eigenvalue weighted by Crippen LogP contribution is -2.22. The highest BCUT2D eigenvalue weighted by Gasteiger charge is 2.37. The predicted molar refractivity (Wildman–Crippen MR) is 70.6 cm³/mol. The van der Waals surface area contributed by atoms with Crippen molar-refractivity contribution in [2.75, 3.05) is 0 Å². The molecular weight excluding hydrogens is 303 g/mol. The van der Waals surface area contributed by atoms with Gasteiger partial charge in [0.25, 0.3) is 5.56 Å². The van der Waals surface area contributed by atoms with Crippen LogP contribution in [-0.4, -0.2) is 9.97 Å². The molecule has 1 N–H and O–H groups in total. The van der Waals surface area contributed by atoms with Gasteiger partial charge in [-0.05, 0) is 5.56 Å². The van der Waals surface area contributed by atoms with Crippen molar-refractivity contribution >= 4 is 11.8 Å². The minimum atomic E-state index is -4.85. The molecule has 0 bridgehead atoms. The molecule has 1 heterocycles. The van der Waals surface area contributed by atoms with Crippen LogP contribution < -0.4 is 5.56 Å². The van der Waals surface area contributed by atoms with Gasteiger partial charge in [-0.25, -0.2) is 4.98 Å². The summed E-state index contributed by atoms with van der Waals surface area (Å²) >= 11 is 0.961. The van der Waals surface area contributed by atoms with Crippen LogP contribution in [0.15, 0.2) is 40.3 Å². The Morgan fingerprint density at radius 3 is 2.52 bits per heavy atom. The molecule has 8 heteroatoms. The van der Waals surface area contributed by atoms with E-state index in [9.17, 15) is 18.0 Å². The van der Waals surface area contributed by atoms with Gasteiger partial charge >= 0.3 is 6.18 Å². The van der Waals surface area contributed by atoms with Crippen molar-refractivity contribution in [3.8, 4) is 6.07 Å². The molecule has 4 nitrogen and oxygen atoms in total. The highest BCUT2D eigenvalue weighted by molar-refractivity contribution is 7.98. The van der Waals surface area contributed by atoms with Gasteiger partial charge in [0, 0.05) is 5.75 Å². The smallest absolute Gasteiger partial charge is 0.300 e. The number of nitriles is 1. The molecule has 0 aliphatic heterocycles. The van der Waals surface area contributed by atoms with Gasteiger partial charge in [-0.1, -0.05) is 42.1 Å². The zero-order valence-electron chi connectivity index (χ0n) is 10.4. The maximum absolute atomic E-state index is 12.8. The molecule has 0 fully saturated rings. The van der Waals surface area contributed by atoms with Crippen LogP contribution in [0.3, 0.4) is 0 Å². The average molecular weight is 311 g/mol. The summed E-state index contributed by atoms with van der Waals surface area (Å²) in [5, 5.41) is 8.47. The van der Waals surface area contributed by atoms with Crippen molar-refractivity contribution in [2.45, 2.75) is 17.1 Å². The third kappa shape index (κ3) is 3.64. The van der Waals surface area contributed by atoms with Crippen molar-refractivity contribution < 1.29 is 13.2 Å². The number of benzene rings is 1. The van der Waals surface area contributed by atoms with Gasteiger partial charge in [0.2, 0.25) is 0 Å². The van der Waals surface area contributed by atoms with E-state index in [1.807, 2.05) is 6.07 Å². The molecule has 0 saturated carbocycles. The normalized spacial score (nSPS) is 11.1. The van der Waals surface area contributed by atoms with Crippen LogP contribution in [0.2, 0.25) is 0 Å². The Hall–Kier alpha value is -2.27. The van der Waals surface area contributed by atoms with E-state index in [4.69, 9.17) is 5.26 Å². The topological polar surface area (TPSA) is 69.5 Å². The first-order chi connectivity index (χ1) is 9.91. The molecule has 0 unspecified atom stereocenters. The lowest BCUT2D eigenvalue weighted by atomic mass is 10.2. The Bertz CT molecular complexity index is 735. The van der Waals surface area contributed by atoms with Crippen molar-refractivity contribution in [2.24, 2.45) is 0 Å². The molecule has 0 radical (unpaired) electrons. The lowest BCUT2D eigenvalue weighted by Gasteiger charge is -2.08. The first-order valence-corrected chi connectivity index (χ1v) is 6.68. The summed E-state index contributed by atoms with van der Waals surface area (Å²) in [5.74, 6) is 0.354. The Balaban J connectivity index is 2.32. The van der Waals surface area contributed by atoms with Gasteiger partial charge in [-0.15, -0.1) is 0 Å². The maximum atomic E-state index is 12.8. The predicted octanol–water partition coefficient (Wildman–Crippen LogP) is 2.95. The molecule has 108 valence electrons. The van der Waals surface area contributed by atoms with Gasteiger partial charge in [0.1, 0.15) is 11.6 Å². The fraction of sp³-hybridized carbons (Fsp3) is 0.154. The van der Waals surface area contributed by atoms with Crippen molar-refractivity contribution in [3.05, 3.63) is 57.5 Å². The Kier molecular flexibility index (Phi) is 4.33. The van der Waals surface area contributed by atoms with E-state index < -0.39 is 23.0 Å². The van der Waals surface area contributed by atoms with Crippen LogP contribution in [0.4, 0.5) is 13.2 Å². The fourth-order valence-electron chi connectivity index (χ4n) is 1.56. The van der Waals surface area contributed by atoms with Crippen LogP contribution in [0.5, 0.6) is 0 Å². The first-order valence-electron chi connectivity index (χ1n) is 5.70. The zero-order chi connectivity index (χ0) is 15.5. The summed E-state index contributed by atoms with van der Waals surface area (Å²) in [7, 11) is 0. The van der Waals surface area contributed by atoms with E-state index in [1.54, 1.807) is 24.3 Å². The summed E-state index contributed by atoms with van der Waals surface area (Å²) < 4.78 is 38.3. The van der Waals surface area contributed by atoms with Gasteiger partial charge < -0.3 is 4.98 Å². The molecule has 2 aromatic rings. The molecule has 1 aromatic carbocycles. The Morgan fingerprint density at radius 2 is 1.95 bits per heavy atom. The fourth-order valence-corrected chi connectivity index (χ4v) is 2.37. The number of halogens is 3. The minimum Gasteiger partial charge on any atom is -0.300 e. The standard InChI is InChI=1S/C13H8F3N3OS/c14-13(15,16)10-9(6-17)11(20)19-12(18-10)21-7-8-4-2-1-3-5-8/h1-5H,7H2,(H,18,19,20). The quantitative estimate of drug-likeness (QED) is 0.699. The maximum Gasteiger partial charge on any atom is 0.434 e. The SMILES string of the molecule is N#Cc1c(C(F)(F)F)nc(SCc2ccccc2)[nH]c1=O. The number of aromatic nitrogens is 2. The minimum absolute atomic E-state index is 0.171. The van der Waals surface area contributed by atoms with E-state index in [1.165, 1.54) is 6.07 Å². The summed E-state index contributed by atoms with van der Waals surface area (Å²) in [6.07, 6.45) is -4.85. The number of hydrogen-bond donors (Lipinski definition) is 1. The monoisotopic (exact) mass is 311 g/mol. The van der Waals surface area contributed by atoms with E-state index in [-0.39, 0.29) is 5.16 Å². The molecule has 0 saturated heterocycles. The number of hydrogen-bond acceptors (Lipinski definition) is 4. The number of thioether (sulfide) groups is 1. The summed E-state index contributed by atoms with van der Waals surface area (Å²) in [5.41, 5.74) is -2.69. The van der Waals surface area contributed by atoms with Gasteiger partial charge in [-0.3, -0.25) is 4.79 Å². The van der Waals surface area contributed by atoms with E-state index in [2.05, 4.69) is 9.97 Å². The third-order valence-electron chi connectivity index (χ3n) is 2.50. The van der Waals surface area contributed by atoms with Crippen LogP contribution in [0.1, 0.15) is 16.8 Å². The zero-order valence-corrected chi connectivity index (χ0v) is 11.3. The van der Waals surface area contributed by atoms with Crippen LogP contribution >= 0.6 is 11.8 Å². The van der Waals surface area contributed by atoms with Crippen LogP contribution in [0.25, 0.3) is 0 Å². The van der Waals surface area contributed by atoms with Gasteiger partial charge in [0.15, 0.2) is 10.9 Å². The van der Waals surface area contributed by atoms with E-state index in [0.29, 0.717) is 5.75 Å². The molecule has 1 aromatic heterocycles. The largest absolute Gasteiger partial charge is 0.434 e. The molecule has 0 amide bonds. The van der Waals surface area contributed by atoms with Gasteiger partial charge in [0.05, 0.1) is 0 Å². The molecule has 0 aliphatic rings. The number of nitrogens with one attached hydrogen (secondary N) is 1. The second-order valence-electron chi connectivity index (χ2n) is 3.98. The Labute approximate surface area is 121 Å².